The second-order valence-electron chi connectivity index (χ2n) is 4.16. The summed E-state index contributed by atoms with van der Waals surface area (Å²) in [7, 11) is 0. The van der Waals surface area contributed by atoms with Crippen molar-refractivity contribution in [3.8, 4) is 11.3 Å². The summed E-state index contributed by atoms with van der Waals surface area (Å²) >= 11 is 7.21. The zero-order valence-corrected chi connectivity index (χ0v) is 12.3. The normalized spacial score (nSPS) is 10.6. The molecule has 4 nitrogen and oxygen atoms in total. The molecule has 21 heavy (non-hydrogen) atoms. The molecule has 0 bridgehead atoms. The molecule has 1 N–H and O–H groups in total. The molecule has 0 spiro atoms. The number of hydrogen-bond donors (Lipinski definition) is 1. The van der Waals surface area contributed by atoms with Crippen LogP contribution in [0.1, 0.15) is 5.01 Å². The van der Waals surface area contributed by atoms with Gasteiger partial charge in [-0.05, 0) is 18.2 Å². The molecular formula is C14H10ClFN4S. The maximum absolute atomic E-state index is 13.8. The van der Waals surface area contributed by atoms with Crippen LogP contribution in [0.5, 0.6) is 0 Å². The molecule has 2 heterocycles. The highest BCUT2D eigenvalue weighted by Gasteiger charge is 2.07. The molecule has 0 radical (unpaired) electrons. The number of rotatable bonds is 4. The van der Waals surface area contributed by atoms with Gasteiger partial charge < -0.3 is 5.32 Å². The van der Waals surface area contributed by atoms with Crippen LogP contribution in [-0.4, -0.2) is 15.0 Å². The van der Waals surface area contributed by atoms with E-state index in [2.05, 4.69) is 20.3 Å². The van der Waals surface area contributed by atoms with Gasteiger partial charge in [0.05, 0.1) is 18.4 Å². The van der Waals surface area contributed by atoms with Crippen molar-refractivity contribution in [2.75, 3.05) is 5.32 Å². The molecular weight excluding hydrogens is 311 g/mol. The Bertz CT molecular complexity index is 762. The van der Waals surface area contributed by atoms with Gasteiger partial charge in [0.1, 0.15) is 15.2 Å². The quantitative estimate of drug-likeness (QED) is 0.789. The van der Waals surface area contributed by atoms with E-state index in [0.717, 1.165) is 5.01 Å². The van der Waals surface area contributed by atoms with E-state index in [1.807, 2.05) is 0 Å². The summed E-state index contributed by atoms with van der Waals surface area (Å²) in [6, 6.07) is 8.17. The molecule has 1 aromatic carbocycles. The van der Waals surface area contributed by atoms with Crippen molar-refractivity contribution in [3.63, 3.8) is 0 Å². The lowest BCUT2D eigenvalue weighted by Crippen LogP contribution is -2.03. The second kappa shape index (κ2) is 6.15. The largest absolute Gasteiger partial charge is 0.348 e. The molecule has 0 aliphatic carbocycles. The van der Waals surface area contributed by atoms with E-state index in [0.29, 0.717) is 28.1 Å². The molecule has 0 saturated heterocycles. The topological polar surface area (TPSA) is 50.7 Å². The number of aromatic nitrogens is 3. The lowest BCUT2D eigenvalue weighted by Gasteiger charge is -2.06. The summed E-state index contributed by atoms with van der Waals surface area (Å²) in [6.07, 6.45) is 3.19. The second-order valence-corrected chi connectivity index (χ2v) is 5.90. The summed E-state index contributed by atoms with van der Waals surface area (Å²) < 4.78 is 14.4. The smallest absolute Gasteiger partial charge is 0.223 e. The Balaban J connectivity index is 1.79. The molecule has 3 aromatic rings. The fourth-order valence-corrected chi connectivity index (χ4v) is 2.68. The van der Waals surface area contributed by atoms with Gasteiger partial charge in [0, 0.05) is 11.8 Å². The Hall–Kier alpha value is -2.05. The van der Waals surface area contributed by atoms with Gasteiger partial charge in [0.25, 0.3) is 0 Å². The van der Waals surface area contributed by atoms with Crippen molar-refractivity contribution in [1.82, 2.24) is 15.0 Å². The predicted octanol–water partition coefficient (Wildman–Crippen LogP) is 4.00. The van der Waals surface area contributed by atoms with E-state index in [1.165, 1.54) is 17.4 Å². The highest BCUT2D eigenvalue weighted by Crippen LogP contribution is 2.22. The average molecular weight is 321 g/mol. The molecule has 0 unspecified atom stereocenters. The first kappa shape index (κ1) is 13.9. The lowest BCUT2D eigenvalue weighted by molar-refractivity contribution is 0.630. The van der Waals surface area contributed by atoms with Crippen LogP contribution in [0.2, 0.25) is 4.34 Å². The van der Waals surface area contributed by atoms with Crippen molar-refractivity contribution < 1.29 is 4.39 Å². The molecule has 0 atom stereocenters. The zero-order valence-electron chi connectivity index (χ0n) is 10.8. The van der Waals surface area contributed by atoms with Gasteiger partial charge in [0.15, 0.2) is 0 Å². The molecule has 106 valence electrons. The number of thiazole rings is 1. The third kappa shape index (κ3) is 3.34. The number of benzene rings is 1. The number of hydrogen-bond acceptors (Lipinski definition) is 5. The minimum absolute atomic E-state index is 0.311. The van der Waals surface area contributed by atoms with E-state index in [1.54, 1.807) is 36.7 Å². The fraction of sp³-hybridized carbons (Fsp3) is 0.0714. The van der Waals surface area contributed by atoms with Crippen LogP contribution in [0.4, 0.5) is 10.3 Å². The van der Waals surface area contributed by atoms with Gasteiger partial charge in [-0.25, -0.2) is 19.3 Å². The van der Waals surface area contributed by atoms with Crippen molar-refractivity contribution in [2.45, 2.75) is 6.54 Å². The standard InChI is InChI=1S/C14H10ClFN4S/c15-12-7-18-13(21-12)8-19-14-17-6-5-11(20-14)9-3-1-2-4-10(9)16/h1-7H,8H2,(H,17,19,20). The Morgan fingerprint density at radius 3 is 2.81 bits per heavy atom. The Labute approximate surface area is 129 Å². The van der Waals surface area contributed by atoms with E-state index in [-0.39, 0.29) is 5.82 Å². The predicted molar refractivity (Wildman–Crippen MR) is 81.9 cm³/mol. The summed E-state index contributed by atoms with van der Waals surface area (Å²) in [5, 5.41) is 3.88. The maximum atomic E-state index is 13.8. The van der Waals surface area contributed by atoms with Gasteiger partial charge in [-0.15, -0.1) is 11.3 Å². The molecule has 0 amide bonds. The Morgan fingerprint density at radius 1 is 1.19 bits per heavy atom. The summed E-state index contributed by atoms with van der Waals surface area (Å²) in [5.41, 5.74) is 0.975. The molecule has 3 rings (SSSR count). The SMILES string of the molecule is Fc1ccccc1-c1ccnc(NCc2ncc(Cl)s2)n1. The van der Waals surface area contributed by atoms with Crippen LogP contribution in [0.25, 0.3) is 11.3 Å². The Kier molecular flexibility index (Phi) is 4.08. The monoisotopic (exact) mass is 320 g/mol. The molecule has 0 aliphatic heterocycles. The summed E-state index contributed by atoms with van der Waals surface area (Å²) in [4.78, 5) is 12.6. The van der Waals surface area contributed by atoms with E-state index < -0.39 is 0 Å². The highest BCUT2D eigenvalue weighted by molar-refractivity contribution is 7.15. The minimum Gasteiger partial charge on any atom is -0.348 e. The lowest BCUT2D eigenvalue weighted by atomic mass is 10.1. The van der Waals surface area contributed by atoms with Crippen LogP contribution in [0.15, 0.2) is 42.7 Å². The first-order valence-electron chi connectivity index (χ1n) is 6.14. The molecule has 0 aliphatic rings. The fourth-order valence-electron chi connectivity index (χ4n) is 1.79. The van der Waals surface area contributed by atoms with E-state index in [9.17, 15) is 4.39 Å². The van der Waals surface area contributed by atoms with Crippen molar-refractivity contribution in [3.05, 3.63) is 57.9 Å². The van der Waals surface area contributed by atoms with Crippen molar-refractivity contribution in [1.29, 1.82) is 0 Å². The molecule has 7 heteroatoms. The number of nitrogens with one attached hydrogen (secondary N) is 1. The minimum atomic E-state index is -0.311. The number of nitrogens with zero attached hydrogens (tertiary/aromatic N) is 3. The summed E-state index contributed by atoms with van der Waals surface area (Å²) in [5.74, 6) is 0.107. The molecule has 0 saturated carbocycles. The average Bonchev–Trinajstić information content (AvgIpc) is 2.92. The van der Waals surface area contributed by atoms with Gasteiger partial charge in [-0.1, -0.05) is 23.7 Å². The third-order valence-electron chi connectivity index (χ3n) is 2.73. The van der Waals surface area contributed by atoms with Crippen LogP contribution in [-0.2, 0) is 6.54 Å². The zero-order chi connectivity index (χ0) is 14.7. The van der Waals surface area contributed by atoms with Crippen LogP contribution in [0.3, 0.4) is 0 Å². The van der Waals surface area contributed by atoms with Crippen LogP contribution >= 0.6 is 22.9 Å². The van der Waals surface area contributed by atoms with Gasteiger partial charge in [-0.3, -0.25) is 0 Å². The first-order valence-corrected chi connectivity index (χ1v) is 7.34. The Morgan fingerprint density at radius 2 is 2.05 bits per heavy atom. The van der Waals surface area contributed by atoms with E-state index in [4.69, 9.17) is 11.6 Å². The van der Waals surface area contributed by atoms with Gasteiger partial charge in [0.2, 0.25) is 5.95 Å². The van der Waals surface area contributed by atoms with Crippen LogP contribution < -0.4 is 5.32 Å². The summed E-state index contributed by atoms with van der Waals surface area (Å²) in [6.45, 7) is 0.470. The van der Waals surface area contributed by atoms with Gasteiger partial charge in [-0.2, -0.15) is 0 Å². The van der Waals surface area contributed by atoms with Crippen molar-refractivity contribution in [2.24, 2.45) is 0 Å². The van der Waals surface area contributed by atoms with E-state index >= 15 is 0 Å². The maximum Gasteiger partial charge on any atom is 0.223 e. The number of halogens is 2. The van der Waals surface area contributed by atoms with Crippen LogP contribution in [0, 0.1) is 5.82 Å². The first-order chi connectivity index (χ1) is 10.2. The molecule has 2 aromatic heterocycles. The van der Waals surface area contributed by atoms with Crippen molar-refractivity contribution >= 4 is 28.9 Å². The highest BCUT2D eigenvalue weighted by atomic mass is 35.5. The third-order valence-corrected chi connectivity index (χ3v) is 3.84. The molecule has 0 fully saturated rings. The van der Waals surface area contributed by atoms with Gasteiger partial charge >= 0.3 is 0 Å². The number of anilines is 1.